The zero-order valence-corrected chi connectivity index (χ0v) is 10.9. The normalized spacial score (nSPS) is 11.0. The van der Waals surface area contributed by atoms with Gasteiger partial charge < -0.3 is 15.4 Å². The highest BCUT2D eigenvalue weighted by Gasteiger charge is 2.15. The smallest absolute Gasteiger partial charge is 0.407 e. The number of alkyl carbamates (subject to hydrolysis) is 1. The van der Waals surface area contributed by atoms with Crippen LogP contribution in [0.5, 0.6) is 0 Å². The molecule has 2 N–H and O–H groups in total. The Morgan fingerprint density at radius 3 is 2.44 bits per heavy atom. The summed E-state index contributed by atoms with van der Waals surface area (Å²) < 4.78 is 5.10. The molecule has 0 unspecified atom stereocenters. The lowest BCUT2D eigenvalue weighted by atomic mass is 10.2. The van der Waals surface area contributed by atoms with Crippen molar-refractivity contribution in [2.75, 3.05) is 19.6 Å². The molecule has 0 fully saturated rings. The Labute approximate surface area is 98.4 Å². The Hall–Kier alpha value is -1.03. The summed E-state index contributed by atoms with van der Waals surface area (Å²) >= 11 is 0. The Balaban J connectivity index is 3.38. The molecular formula is C12H24N2O2. The number of hydrogen-bond acceptors (Lipinski definition) is 3. The minimum Gasteiger partial charge on any atom is -0.444 e. The van der Waals surface area contributed by atoms with Gasteiger partial charge in [-0.15, -0.1) is 0 Å². The summed E-state index contributed by atoms with van der Waals surface area (Å²) in [5, 5.41) is 5.92. The van der Waals surface area contributed by atoms with Gasteiger partial charge in [0, 0.05) is 13.1 Å². The first-order valence-electron chi connectivity index (χ1n) is 5.63. The summed E-state index contributed by atoms with van der Waals surface area (Å²) in [6, 6.07) is 0. The van der Waals surface area contributed by atoms with Gasteiger partial charge in [-0.3, -0.25) is 0 Å². The Bertz CT molecular complexity index is 232. The maximum atomic E-state index is 11.2. The van der Waals surface area contributed by atoms with Crippen LogP contribution in [0.2, 0.25) is 0 Å². The Morgan fingerprint density at radius 1 is 1.31 bits per heavy atom. The van der Waals surface area contributed by atoms with Crippen molar-refractivity contribution in [2.45, 2.75) is 39.7 Å². The fourth-order valence-electron chi connectivity index (χ4n) is 1.02. The molecule has 0 spiro atoms. The van der Waals surface area contributed by atoms with Crippen LogP contribution in [0.3, 0.4) is 0 Å². The van der Waals surface area contributed by atoms with Crippen LogP contribution in [0.25, 0.3) is 0 Å². The number of amides is 1. The zero-order chi connectivity index (χ0) is 12.6. The lowest BCUT2D eigenvalue weighted by Crippen LogP contribution is -2.34. The summed E-state index contributed by atoms with van der Waals surface area (Å²) in [7, 11) is 0. The summed E-state index contributed by atoms with van der Waals surface area (Å²) in [6.07, 6.45) is 0.527. The van der Waals surface area contributed by atoms with Crippen molar-refractivity contribution in [3.8, 4) is 0 Å². The van der Waals surface area contributed by atoms with Crippen LogP contribution < -0.4 is 10.6 Å². The van der Waals surface area contributed by atoms with Crippen LogP contribution in [0.1, 0.15) is 34.1 Å². The molecule has 0 radical (unpaired) electrons. The van der Waals surface area contributed by atoms with Crippen LogP contribution in [0.15, 0.2) is 12.2 Å². The molecule has 0 aliphatic rings. The van der Waals surface area contributed by atoms with Crippen LogP contribution in [0.4, 0.5) is 4.79 Å². The van der Waals surface area contributed by atoms with Crippen LogP contribution in [-0.2, 0) is 4.74 Å². The molecule has 0 aromatic carbocycles. The number of ether oxygens (including phenoxy) is 1. The van der Waals surface area contributed by atoms with Gasteiger partial charge in [0.05, 0.1) is 0 Å². The van der Waals surface area contributed by atoms with Gasteiger partial charge in [-0.05, 0) is 40.7 Å². The van der Waals surface area contributed by atoms with Gasteiger partial charge in [0.1, 0.15) is 5.60 Å². The molecule has 0 bridgehead atoms. The van der Waals surface area contributed by atoms with Crippen molar-refractivity contribution in [3.05, 3.63) is 12.2 Å². The molecule has 94 valence electrons. The molecule has 16 heavy (non-hydrogen) atoms. The van der Waals surface area contributed by atoms with Gasteiger partial charge >= 0.3 is 6.09 Å². The third-order valence-corrected chi connectivity index (χ3v) is 1.63. The van der Waals surface area contributed by atoms with Gasteiger partial charge in [-0.25, -0.2) is 4.79 Å². The standard InChI is InChI=1S/C12H24N2O2/c1-10(2)9-13-7-6-8-14-11(15)16-12(3,4)5/h13H,1,6-9H2,2-5H3,(H,14,15). The fraction of sp³-hybridized carbons (Fsp3) is 0.750. The highest BCUT2D eigenvalue weighted by molar-refractivity contribution is 5.67. The van der Waals surface area contributed by atoms with E-state index in [1.165, 1.54) is 0 Å². The molecule has 0 saturated heterocycles. The molecule has 0 aliphatic heterocycles. The van der Waals surface area contributed by atoms with E-state index in [2.05, 4.69) is 17.2 Å². The average molecular weight is 228 g/mol. The highest BCUT2D eigenvalue weighted by atomic mass is 16.6. The van der Waals surface area contributed by atoms with E-state index < -0.39 is 5.60 Å². The topological polar surface area (TPSA) is 50.4 Å². The first-order valence-corrected chi connectivity index (χ1v) is 5.63. The molecule has 0 atom stereocenters. The molecule has 4 nitrogen and oxygen atoms in total. The van der Waals surface area contributed by atoms with Crippen molar-refractivity contribution in [1.29, 1.82) is 0 Å². The van der Waals surface area contributed by atoms with Gasteiger partial charge in [0.2, 0.25) is 0 Å². The second-order valence-electron chi connectivity index (χ2n) is 4.92. The van der Waals surface area contributed by atoms with Gasteiger partial charge in [-0.2, -0.15) is 0 Å². The number of hydrogen-bond donors (Lipinski definition) is 2. The van der Waals surface area contributed by atoms with Crippen LogP contribution in [-0.4, -0.2) is 31.3 Å². The molecule has 0 heterocycles. The number of rotatable bonds is 6. The minimum atomic E-state index is -0.428. The van der Waals surface area contributed by atoms with Crippen molar-refractivity contribution in [1.82, 2.24) is 10.6 Å². The van der Waals surface area contributed by atoms with Crippen molar-refractivity contribution >= 4 is 6.09 Å². The first kappa shape index (κ1) is 15.0. The van der Waals surface area contributed by atoms with E-state index in [-0.39, 0.29) is 6.09 Å². The first-order chi connectivity index (χ1) is 7.31. The maximum Gasteiger partial charge on any atom is 0.407 e. The van der Waals surface area contributed by atoms with Gasteiger partial charge in [0.25, 0.3) is 0 Å². The largest absolute Gasteiger partial charge is 0.444 e. The SMILES string of the molecule is C=C(C)CNCCCNC(=O)OC(C)(C)C. The molecule has 0 rings (SSSR count). The molecule has 4 heteroatoms. The van der Waals surface area contributed by atoms with Crippen molar-refractivity contribution in [2.24, 2.45) is 0 Å². The third kappa shape index (κ3) is 11.0. The number of nitrogens with one attached hydrogen (secondary N) is 2. The van der Waals surface area contributed by atoms with E-state index in [9.17, 15) is 4.79 Å². The minimum absolute atomic E-state index is 0.354. The molecule has 0 aliphatic carbocycles. The number of carbonyl (C=O) groups excluding carboxylic acids is 1. The summed E-state index contributed by atoms with van der Waals surface area (Å²) in [4.78, 5) is 11.2. The van der Waals surface area contributed by atoms with Gasteiger partial charge in [0.15, 0.2) is 0 Å². The predicted molar refractivity (Wildman–Crippen MR) is 66.5 cm³/mol. The lowest BCUT2D eigenvalue weighted by molar-refractivity contribution is 0.0527. The summed E-state index contributed by atoms with van der Waals surface area (Å²) in [5.41, 5.74) is 0.683. The van der Waals surface area contributed by atoms with E-state index in [4.69, 9.17) is 4.74 Å². The van der Waals surface area contributed by atoms with Crippen LogP contribution >= 0.6 is 0 Å². The van der Waals surface area contributed by atoms with E-state index in [1.54, 1.807) is 0 Å². The highest BCUT2D eigenvalue weighted by Crippen LogP contribution is 2.06. The van der Waals surface area contributed by atoms with E-state index in [0.29, 0.717) is 6.54 Å². The van der Waals surface area contributed by atoms with E-state index >= 15 is 0 Å². The monoisotopic (exact) mass is 228 g/mol. The second-order valence-corrected chi connectivity index (χ2v) is 4.92. The third-order valence-electron chi connectivity index (χ3n) is 1.63. The molecular weight excluding hydrogens is 204 g/mol. The quantitative estimate of drug-likeness (QED) is 0.540. The average Bonchev–Trinajstić information content (AvgIpc) is 2.07. The maximum absolute atomic E-state index is 11.2. The Kier molecular flexibility index (Phi) is 6.81. The van der Waals surface area contributed by atoms with Crippen molar-refractivity contribution < 1.29 is 9.53 Å². The predicted octanol–water partition coefficient (Wildman–Crippen LogP) is 2.07. The second kappa shape index (κ2) is 7.28. The van der Waals surface area contributed by atoms with E-state index in [1.807, 2.05) is 27.7 Å². The molecule has 1 amide bonds. The lowest BCUT2D eigenvalue weighted by Gasteiger charge is -2.19. The molecule has 0 aromatic heterocycles. The Morgan fingerprint density at radius 2 is 1.94 bits per heavy atom. The van der Waals surface area contributed by atoms with Crippen LogP contribution in [0, 0.1) is 0 Å². The van der Waals surface area contributed by atoms with E-state index in [0.717, 1.165) is 25.1 Å². The summed E-state index contributed by atoms with van der Waals surface area (Å²) in [6.45, 7) is 13.6. The summed E-state index contributed by atoms with van der Waals surface area (Å²) in [5.74, 6) is 0. The van der Waals surface area contributed by atoms with Gasteiger partial charge in [-0.1, -0.05) is 12.2 Å². The fourth-order valence-corrected chi connectivity index (χ4v) is 1.02. The zero-order valence-electron chi connectivity index (χ0n) is 10.9. The number of carbonyl (C=O) groups is 1. The van der Waals surface area contributed by atoms with Crippen molar-refractivity contribution in [3.63, 3.8) is 0 Å². The molecule has 0 saturated carbocycles. The molecule has 0 aromatic rings.